The second-order valence-corrected chi connectivity index (χ2v) is 6.33. The molecule has 1 aromatic rings. The smallest absolute Gasteiger partial charge is 0.335 e. The molecule has 0 saturated heterocycles. The predicted octanol–water partition coefficient (Wildman–Crippen LogP) is 2.09. The van der Waals surface area contributed by atoms with Crippen molar-refractivity contribution in [3.8, 4) is 0 Å². The van der Waals surface area contributed by atoms with Gasteiger partial charge in [0.15, 0.2) is 0 Å². The Balaban J connectivity index is 1.80. The molecule has 0 spiro atoms. The number of rotatable bonds is 4. The molecular formula is C17H21NO4. The lowest BCUT2D eigenvalue weighted by molar-refractivity contribution is -0.153. The van der Waals surface area contributed by atoms with Crippen LogP contribution in [0.1, 0.15) is 40.7 Å². The van der Waals surface area contributed by atoms with Gasteiger partial charge in [-0.3, -0.25) is 4.79 Å². The molecule has 0 bridgehead atoms. The quantitative estimate of drug-likeness (QED) is 0.925. The van der Waals surface area contributed by atoms with E-state index in [0.29, 0.717) is 19.7 Å². The number of nitrogens with zero attached hydrogens (tertiary/aromatic N) is 1. The molecule has 3 rings (SSSR count). The van der Waals surface area contributed by atoms with Crippen molar-refractivity contribution < 1.29 is 19.4 Å². The van der Waals surface area contributed by atoms with E-state index in [0.717, 1.165) is 36.8 Å². The third kappa shape index (κ3) is 2.50. The Morgan fingerprint density at radius 2 is 2.09 bits per heavy atom. The highest BCUT2D eigenvalue weighted by Crippen LogP contribution is 2.43. The van der Waals surface area contributed by atoms with Crippen LogP contribution in [-0.4, -0.2) is 42.1 Å². The molecule has 1 aromatic carbocycles. The minimum atomic E-state index is -0.930. The van der Waals surface area contributed by atoms with Gasteiger partial charge in [0.05, 0.1) is 17.6 Å². The van der Waals surface area contributed by atoms with Crippen LogP contribution in [0.3, 0.4) is 0 Å². The van der Waals surface area contributed by atoms with Gasteiger partial charge in [0.1, 0.15) is 0 Å². The third-order valence-electron chi connectivity index (χ3n) is 4.94. The molecule has 22 heavy (non-hydrogen) atoms. The number of amides is 1. The maximum Gasteiger partial charge on any atom is 0.335 e. The first-order valence-electron chi connectivity index (χ1n) is 7.69. The van der Waals surface area contributed by atoms with Gasteiger partial charge in [-0.1, -0.05) is 12.5 Å². The molecule has 0 atom stereocenters. The highest BCUT2D eigenvalue weighted by molar-refractivity contribution is 5.88. The van der Waals surface area contributed by atoms with E-state index in [2.05, 4.69) is 0 Å². The topological polar surface area (TPSA) is 66.8 Å². The highest BCUT2D eigenvalue weighted by atomic mass is 16.5. The van der Waals surface area contributed by atoms with E-state index >= 15 is 0 Å². The van der Waals surface area contributed by atoms with Crippen LogP contribution in [0.5, 0.6) is 0 Å². The molecule has 2 aliphatic rings. The number of fused-ring (bicyclic) bond motifs is 1. The van der Waals surface area contributed by atoms with Crippen LogP contribution in [0.25, 0.3) is 0 Å². The Hall–Kier alpha value is -1.88. The Labute approximate surface area is 129 Å². The fraction of sp³-hybridized carbons (Fsp3) is 0.529. The van der Waals surface area contributed by atoms with E-state index in [9.17, 15) is 9.59 Å². The van der Waals surface area contributed by atoms with Gasteiger partial charge in [-0.25, -0.2) is 4.79 Å². The number of aromatic carboxylic acids is 1. The molecular weight excluding hydrogens is 282 g/mol. The SMILES string of the molecule is COCC1(C(=O)N2CCc3ccc(C(=O)O)cc3C2)CCC1. The summed E-state index contributed by atoms with van der Waals surface area (Å²) in [5, 5.41) is 9.11. The van der Waals surface area contributed by atoms with E-state index in [-0.39, 0.29) is 16.9 Å². The minimum absolute atomic E-state index is 0.159. The van der Waals surface area contributed by atoms with E-state index in [1.165, 1.54) is 0 Å². The molecule has 0 unspecified atom stereocenters. The van der Waals surface area contributed by atoms with Crippen molar-refractivity contribution in [2.45, 2.75) is 32.2 Å². The number of hydrogen-bond acceptors (Lipinski definition) is 3. The third-order valence-corrected chi connectivity index (χ3v) is 4.94. The molecule has 1 N–H and O–H groups in total. The van der Waals surface area contributed by atoms with Crippen molar-refractivity contribution in [3.63, 3.8) is 0 Å². The summed E-state index contributed by atoms with van der Waals surface area (Å²) < 4.78 is 5.26. The molecule has 1 aliphatic carbocycles. The van der Waals surface area contributed by atoms with Crippen molar-refractivity contribution in [1.82, 2.24) is 4.90 Å². The van der Waals surface area contributed by atoms with E-state index in [1.54, 1.807) is 19.2 Å². The van der Waals surface area contributed by atoms with Gasteiger partial charge < -0.3 is 14.7 Å². The number of methoxy groups -OCH3 is 1. The van der Waals surface area contributed by atoms with Crippen LogP contribution in [-0.2, 0) is 22.5 Å². The van der Waals surface area contributed by atoms with Crippen LogP contribution in [0.4, 0.5) is 0 Å². The molecule has 118 valence electrons. The fourth-order valence-electron chi connectivity index (χ4n) is 3.50. The number of carboxylic acid groups (broad SMARTS) is 1. The van der Waals surface area contributed by atoms with Gasteiger partial charge in [-0.15, -0.1) is 0 Å². The number of hydrogen-bond donors (Lipinski definition) is 1. The second-order valence-electron chi connectivity index (χ2n) is 6.33. The predicted molar refractivity (Wildman–Crippen MR) is 80.7 cm³/mol. The van der Waals surface area contributed by atoms with Crippen LogP contribution < -0.4 is 0 Å². The molecule has 5 heteroatoms. The van der Waals surface area contributed by atoms with Crippen LogP contribution >= 0.6 is 0 Å². The zero-order chi connectivity index (χ0) is 15.7. The van der Waals surface area contributed by atoms with Crippen molar-refractivity contribution in [2.75, 3.05) is 20.3 Å². The molecule has 5 nitrogen and oxygen atoms in total. The first-order chi connectivity index (χ1) is 10.6. The number of carbonyl (C=O) groups excluding carboxylic acids is 1. The molecule has 0 radical (unpaired) electrons. The molecule has 1 aliphatic heterocycles. The zero-order valence-electron chi connectivity index (χ0n) is 12.8. The molecule has 1 amide bonds. The Morgan fingerprint density at radius 1 is 1.32 bits per heavy atom. The maximum absolute atomic E-state index is 12.9. The lowest BCUT2D eigenvalue weighted by Gasteiger charge is -2.44. The molecule has 0 aromatic heterocycles. The summed E-state index contributed by atoms with van der Waals surface area (Å²) >= 11 is 0. The first kappa shape index (κ1) is 15.0. The highest BCUT2D eigenvalue weighted by Gasteiger charge is 2.46. The Morgan fingerprint density at radius 3 is 2.68 bits per heavy atom. The maximum atomic E-state index is 12.9. The first-order valence-corrected chi connectivity index (χ1v) is 7.69. The lowest BCUT2D eigenvalue weighted by Crippen LogP contribution is -2.51. The number of benzene rings is 1. The standard InChI is InChI=1S/C17H21NO4/c1-22-11-17(6-2-7-17)16(21)18-8-5-12-3-4-13(15(19)20)9-14(12)10-18/h3-4,9H,2,5-8,10-11H2,1H3,(H,19,20). The Bertz CT molecular complexity index is 607. The summed E-state index contributed by atoms with van der Waals surface area (Å²) in [4.78, 5) is 25.8. The monoisotopic (exact) mass is 303 g/mol. The number of carbonyl (C=O) groups is 2. The normalized spacial score (nSPS) is 19.2. The van der Waals surface area contributed by atoms with Gasteiger partial charge in [0, 0.05) is 20.2 Å². The fourth-order valence-corrected chi connectivity index (χ4v) is 3.50. The number of ether oxygens (including phenoxy) is 1. The summed E-state index contributed by atoms with van der Waals surface area (Å²) in [7, 11) is 1.64. The summed E-state index contributed by atoms with van der Waals surface area (Å²) in [6, 6.07) is 5.20. The lowest BCUT2D eigenvalue weighted by atomic mass is 9.68. The second kappa shape index (κ2) is 5.72. The summed E-state index contributed by atoms with van der Waals surface area (Å²) in [6.45, 7) is 1.68. The van der Waals surface area contributed by atoms with E-state index in [4.69, 9.17) is 9.84 Å². The van der Waals surface area contributed by atoms with Crippen LogP contribution in [0, 0.1) is 5.41 Å². The number of carboxylic acids is 1. The average Bonchev–Trinajstić information content (AvgIpc) is 2.49. The van der Waals surface area contributed by atoms with Crippen molar-refractivity contribution in [1.29, 1.82) is 0 Å². The zero-order valence-corrected chi connectivity index (χ0v) is 12.8. The van der Waals surface area contributed by atoms with Gasteiger partial charge in [0.25, 0.3) is 0 Å². The van der Waals surface area contributed by atoms with Crippen LogP contribution in [0.2, 0.25) is 0 Å². The summed E-state index contributed by atoms with van der Waals surface area (Å²) in [5.41, 5.74) is 2.02. The molecule has 1 heterocycles. The van der Waals surface area contributed by atoms with E-state index in [1.807, 2.05) is 11.0 Å². The van der Waals surface area contributed by atoms with E-state index < -0.39 is 5.97 Å². The van der Waals surface area contributed by atoms with Gasteiger partial charge in [-0.2, -0.15) is 0 Å². The van der Waals surface area contributed by atoms with Crippen LogP contribution in [0.15, 0.2) is 18.2 Å². The Kier molecular flexibility index (Phi) is 3.91. The molecule has 1 saturated carbocycles. The van der Waals surface area contributed by atoms with Crippen molar-refractivity contribution in [3.05, 3.63) is 34.9 Å². The molecule has 1 fully saturated rings. The largest absolute Gasteiger partial charge is 0.478 e. The summed E-state index contributed by atoms with van der Waals surface area (Å²) in [5.74, 6) is -0.770. The van der Waals surface area contributed by atoms with Gasteiger partial charge in [0.2, 0.25) is 5.91 Å². The summed E-state index contributed by atoms with van der Waals surface area (Å²) in [6.07, 6.45) is 3.63. The van der Waals surface area contributed by atoms with Crippen molar-refractivity contribution >= 4 is 11.9 Å². The minimum Gasteiger partial charge on any atom is -0.478 e. The van der Waals surface area contributed by atoms with Crippen molar-refractivity contribution in [2.24, 2.45) is 5.41 Å². The van der Waals surface area contributed by atoms with Gasteiger partial charge >= 0.3 is 5.97 Å². The average molecular weight is 303 g/mol. The van der Waals surface area contributed by atoms with Gasteiger partial charge in [-0.05, 0) is 42.5 Å².